The van der Waals surface area contributed by atoms with Crippen LogP contribution in [0.2, 0.25) is 0 Å². The van der Waals surface area contributed by atoms with Crippen molar-refractivity contribution in [2.24, 2.45) is 67.5 Å². The quantitative estimate of drug-likeness (QED) is 0.191. The third-order valence-electron chi connectivity index (χ3n) is 16.9. The number of fused-ring (bicyclic) bond motifs is 7. The van der Waals surface area contributed by atoms with Crippen LogP contribution in [-0.2, 0) is 28.7 Å². The molecule has 0 aromatic heterocycles. The number of ketones is 2. The summed E-state index contributed by atoms with van der Waals surface area (Å²) in [6, 6.07) is 0. The number of hydrogen-bond donors (Lipinski definition) is 1. The highest BCUT2D eigenvalue weighted by atomic mass is 16.6. The molecule has 6 aliphatic rings. The molecule has 5 saturated carbocycles. The smallest absolute Gasteiger partial charge is 0.310 e. The van der Waals surface area contributed by atoms with Gasteiger partial charge < -0.3 is 14.6 Å². The van der Waals surface area contributed by atoms with Crippen molar-refractivity contribution >= 4 is 24.0 Å². The van der Waals surface area contributed by atoms with Gasteiger partial charge in [0.1, 0.15) is 18.0 Å². The molecule has 0 aromatic rings. The van der Waals surface area contributed by atoms with E-state index in [4.69, 9.17) is 9.47 Å². The van der Waals surface area contributed by atoms with E-state index in [9.17, 15) is 24.3 Å². The molecule has 50 heavy (non-hydrogen) atoms. The van der Waals surface area contributed by atoms with Crippen molar-refractivity contribution in [3.8, 4) is 0 Å². The van der Waals surface area contributed by atoms with Crippen LogP contribution in [0.25, 0.3) is 0 Å². The predicted octanol–water partition coefficient (Wildman–Crippen LogP) is 8.44. The molecule has 0 amide bonds. The molecule has 0 unspecified atom stereocenters. The Morgan fingerprint density at radius 3 is 2.16 bits per heavy atom. The van der Waals surface area contributed by atoms with E-state index in [1.807, 2.05) is 27.7 Å². The van der Waals surface area contributed by atoms with Crippen molar-refractivity contribution in [1.29, 1.82) is 0 Å². The summed E-state index contributed by atoms with van der Waals surface area (Å²) in [7, 11) is 0. The molecule has 0 aliphatic heterocycles. The lowest BCUT2D eigenvalue weighted by molar-refractivity contribution is -0.237. The minimum absolute atomic E-state index is 0.0380. The van der Waals surface area contributed by atoms with Crippen LogP contribution in [-0.4, -0.2) is 47.9 Å². The van der Waals surface area contributed by atoms with E-state index in [-0.39, 0.29) is 75.8 Å². The second-order valence-electron chi connectivity index (χ2n) is 20.8. The molecule has 0 aromatic carbocycles. The maximum atomic E-state index is 14.4. The first kappa shape index (κ1) is 37.7. The highest BCUT2D eigenvalue weighted by molar-refractivity contribution is 6.07. The van der Waals surface area contributed by atoms with Crippen LogP contribution >= 0.6 is 0 Å². The largest absolute Gasteiger partial charge is 0.464 e. The fourth-order valence-corrected chi connectivity index (χ4v) is 13.6. The number of Topliss-reactive ketones (excluding diaryl/α,β-unsaturated/α-hetero) is 2. The van der Waals surface area contributed by atoms with E-state index in [0.717, 1.165) is 56.9 Å². The van der Waals surface area contributed by atoms with Crippen LogP contribution in [0, 0.1) is 67.5 Å². The molecule has 10 atom stereocenters. The number of hydrogen-bond acceptors (Lipinski definition) is 7. The maximum Gasteiger partial charge on any atom is 0.310 e. The summed E-state index contributed by atoms with van der Waals surface area (Å²) >= 11 is 0. The number of aliphatic hydroxyl groups is 1. The van der Waals surface area contributed by atoms with Crippen LogP contribution in [0.1, 0.15) is 147 Å². The van der Waals surface area contributed by atoms with Crippen molar-refractivity contribution in [1.82, 2.24) is 0 Å². The molecule has 0 radical (unpaired) electrons. The van der Waals surface area contributed by atoms with Crippen molar-refractivity contribution in [2.75, 3.05) is 6.61 Å². The highest BCUT2D eigenvalue weighted by Crippen LogP contribution is 2.77. The fraction of sp³-hybridized carbons (Fsp3) is 0.860. The Bertz CT molecular complexity index is 1470. The Balaban J connectivity index is 1.28. The number of carbonyl (C=O) groups excluding carboxylic acids is 4. The van der Waals surface area contributed by atoms with Crippen molar-refractivity contribution < 1.29 is 33.8 Å². The van der Waals surface area contributed by atoms with Gasteiger partial charge in [-0.05, 0) is 114 Å². The van der Waals surface area contributed by atoms with Gasteiger partial charge in [0, 0.05) is 30.3 Å². The summed E-state index contributed by atoms with van der Waals surface area (Å²) in [6.07, 6.45) is 8.46. The van der Waals surface area contributed by atoms with Gasteiger partial charge in [0.15, 0.2) is 5.78 Å². The lowest BCUT2D eigenvalue weighted by Gasteiger charge is -2.72. The van der Waals surface area contributed by atoms with Crippen molar-refractivity contribution in [3.05, 3.63) is 11.1 Å². The van der Waals surface area contributed by atoms with E-state index in [1.54, 1.807) is 0 Å². The van der Waals surface area contributed by atoms with E-state index in [2.05, 4.69) is 48.5 Å². The number of rotatable bonds is 9. The van der Waals surface area contributed by atoms with Crippen molar-refractivity contribution in [3.63, 3.8) is 0 Å². The SMILES string of the molecule is CC(C)C1=C2[C@H]3CC[C@@H]4[C@@]5(C)CC[C@H](OC(=O)[C@H]6C[C@@H](OC=O)C6(C)C)C(C)(C)[C@@H]5CC[C@@]4(C)[C@]3(C)CC[C@@]2(C(=O)CC(C)(C)CO)CC1=O. The van der Waals surface area contributed by atoms with Gasteiger partial charge in [-0.1, -0.05) is 76.2 Å². The maximum absolute atomic E-state index is 14.4. The predicted molar refractivity (Wildman–Crippen MR) is 193 cm³/mol. The summed E-state index contributed by atoms with van der Waals surface area (Å²) < 4.78 is 11.7. The molecule has 7 nitrogen and oxygen atoms in total. The zero-order chi connectivity index (χ0) is 37.0. The normalized spacial score (nSPS) is 43.2. The van der Waals surface area contributed by atoms with Gasteiger partial charge in [-0.2, -0.15) is 0 Å². The third kappa shape index (κ3) is 5.11. The fourth-order valence-electron chi connectivity index (χ4n) is 13.6. The Hall–Kier alpha value is -2.02. The van der Waals surface area contributed by atoms with Gasteiger partial charge in [0.2, 0.25) is 0 Å². The topological polar surface area (TPSA) is 107 Å². The number of esters is 1. The second kappa shape index (κ2) is 12.0. The number of ether oxygens (including phenoxy) is 2. The molecule has 6 rings (SSSR count). The zero-order valence-electron chi connectivity index (χ0n) is 33.0. The lowest BCUT2D eigenvalue weighted by atomic mass is 9.33. The molecular formula is C43H66O7. The Kier molecular flexibility index (Phi) is 9.05. The molecule has 0 saturated heterocycles. The number of aliphatic hydroxyl groups excluding tert-OH is 1. The molecule has 6 aliphatic carbocycles. The molecule has 0 heterocycles. The first-order chi connectivity index (χ1) is 23.1. The van der Waals surface area contributed by atoms with E-state index in [1.165, 1.54) is 5.57 Å². The standard InChI is InChI=1S/C43H66O7/c1-25(2)34-28(46)21-43(31(47)22-37(3,4)23-44)19-18-41(10)26(35(34)43)12-13-30-40(9)16-15-32(39(7,8)29(40)14-17-42(30,41)11)50-36(48)27-20-33(49-24-45)38(27,5)6/h24-27,29-30,32-33,44H,12-23H2,1-11H3/t26-,27-,29+,30-,32+,33-,40+,41-,42-,43+/m1/s1. The summed E-state index contributed by atoms with van der Waals surface area (Å²) in [5.41, 5.74) is 0.351. The second-order valence-corrected chi connectivity index (χ2v) is 20.8. The number of allylic oxidation sites excluding steroid dienone is 2. The minimum atomic E-state index is -0.726. The zero-order valence-corrected chi connectivity index (χ0v) is 33.0. The first-order valence-electron chi connectivity index (χ1n) is 19.8. The van der Waals surface area contributed by atoms with Crippen LogP contribution in [0.3, 0.4) is 0 Å². The van der Waals surface area contributed by atoms with Gasteiger partial charge in [0.05, 0.1) is 11.3 Å². The van der Waals surface area contributed by atoms with Crippen LogP contribution in [0.4, 0.5) is 0 Å². The first-order valence-corrected chi connectivity index (χ1v) is 19.8. The Morgan fingerprint density at radius 2 is 1.56 bits per heavy atom. The van der Waals surface area contributed by atoms with Crippen LogP contribution < -0.4 is 0 Å². The highest BCUT2D eigenvalue weighted by Gasteiger charge is 2.71. The molecule has 0 bridgehead atoms. The van der Waals surface area contributed by atoms with Crippen LogP contribution in [0.15, 0.2) is 11.1 Å². The summed E-state index contributed by atoms with van der Waals surface area (Å²) in [5.74, 6) is 1.08. The van der Waals surface area contributed by atoms with E-state index >= 15 is 0 Å². The molecule has 5 fully saturated rings. The average molecular weight is 695 g/mol. The van der Waals surface area contributed by atoms with Gasteiger partial charge in [0.25, 0.3) is 6.47 Å². The van der Waals surface area contributed by atoms with E-state index < -0.39 is 16.2 Å². The van der Waals surface area contributed by atoms with Crippen molar-refractivity contribution in [2.45, 2.75) is 159 Å². The molecule has 280 valence electrons. The van der Waals surface area contributed by atoms with Gasteiger partial charge in [-0.25, -0.2) is 0 Å². The van der Waals surface area contributed by atoms with Crippen LogP contribution in [0.5, 0.6) is 0 Å². The third-order valence-corrected chi connectivity index (χ3v) is 16.9. The van der Waals surface area contributed by atoms with Gasteiger partial charge in [-0.3, -0.25) is 19.2 Å². The van der Waals surface area contributed by atoms with Gasteiger partial charge in [-0.15, -0.1) is 0 Å². The minimum Gasteiger partial charge on any atom is -0.464 e. The monoisotopic (exact) mass is 694 g/mol. The summed E-state index contributed by atoms with van der Waals surface area (Å²) in [4.78, 5) is 52.9. The molecule has 1 N–H and O–H groups in total. The Labute approximate surface area is 301 Å². The Morgan fingerprint density at radius 1 is 0.880 bits per heavy atom. The lowest BCUT2D eigenvalue weighted by Crippen LogP contribution is -2.66. The van der Waals surface area contributed by atoms with Gasteiger partial charge >= 0.3 is 5.97 Å². The summed E-state index contributed by atoms with van der Waals surface area (Å²) in [6.45, 7) is 24.8. The average Bonchev–Trinajstić information content (AvgIpc) is 3.34. The van der Waals surface area contributed by atoms with E-state index in [0.29, 0.717) is 37.6 Å². The molecular weight excluding hydrogens is 628 g/mol. The molecule has 0 spiro atoms. The molecule has 7 heteroatoms. The number of carbonyl (C=O) groups is 4. The summed E-state index contributed by atoms with van der Waals surface area (Å²) in [5, 5.41) is 10.1.